The zero-order chi connectivity index (χ0) is 13.0. The van der Waals surface area contributed by atoms with Crippen molar-refractivity contribution < 1.29 is 9.13 Å². The summed E-state index contributed by atoms with van der Waals surface area (Å²) in [4.78, 5) is 0. The molecule has 0 spiro atoms. The fourth-order valence-corrected chi connectivity index (χ4v) is 1.97. The summed E-state index contributed by atoms with van der Waals surface area (Å²) in [5.74, 6) is 0.418. The molecule has 0 radical (unpaired) electrons. The molecule has 2 nitrogen and oxygen atoms in total. The van der Waals surface area contributed by atoms with Gasteiger partial charge in [0.1, 0.15) is 11.6 Å². The van der Waals surface area contributed by atoms with E-state index < -0.39 is 0 Å². The van der Waals surface area contributed by atoms with E-state index in [-0.39, 0.29) is 5.82 Å². The van der Waals surface area contributed by atoms with Gasteiger partial charge >= 0.3 is 0 Å². The third-order valence-corrected chi connectivity index (χ3v) is 2.86. The second-order valence-corrected chi connectivity index (χ2v) is 4.05. The minimum absolute atomic E-state index is 0.249. The summed E-state index contributed by atoms with van der Waals surface area (Å²) >= 11 is 0. The summed E-state index contributed by atoms with van der Waals surface area (Å²) in [6.45, 7) is 0.572. The lowest BCUT2D eigenvalue weighted by molar-refractivity contribution is 0.416. The normalized spacial score (nSPS) is 10.4. The molecule has 0 aliphatic rings. The minimum atomic E-state index is -0.249. The molecule has 0 unspecified atom stereocenters. The van der Waals surface area contributed by atoms with Crippen molar-refractivity contribution >= 4 is 0 Å². The van der Waals surface area contributed by atoms with E-state index in [4.69, 9.17) is 10.5 Å². The highest BCUT2D eigenvalue weighted by Crippen LogP contribution is 2.32. The quantitative estimate of drug-likeness (QED) is 0.898. The van der Waals surface area contributed by atoms with Crippen molar-refractivity contribution in [3.05, 3.63) is 53.8 Å². The van der Waals surface area contributed by atoms with Crippen molar-refractivity contribution in [3.8, 4) is 16.9 Å². The maximum atomic E-state index is 13.8. The molecule has 0 aliphatic heterocycles. The first kappa shape index (κ1) is 12.6. The number of ether oxygens (including phenoxy) is 1. The molecule has 0 bridgehead atoms. The number of rotatable bonds is 4. The Morgan fingerprint density at radius 3 is 2.56 bits per heavy atom. The van der Waals surface area contributed by atoms with Crippen LogP contribution in [0.5, 0.6) is 5.75 Å². The summed E-state index contributed by atoms with van der Waals surface area (Å²) < 4.78 is 19.1. The van der Waals surface area contributed by atoms with Gasteiger partial charge in [0.15, 0.2) is 0 Å². The Balaban J connectivity index is 2.53. The first-order valence-electron chi connectivity index (χ1n) is 5.88. The van der Waals surface area contributed by atoms with Crippen molar-refractivity contribution in [3.63, 3.8) is 0 Å². The predicted octanol–water partition coefficient (Wildman–Crippen LogP) is 3.00. The van der Waals surface area contributed by atoms with Gasteiger partial charge in [-0.1, -0.05) is 24.3 Å². The van der Waals surface area contributed by atoms with Gasteiger partial charge in [-0.05, 0) is 36.7 Å². The fourth-order valence-electron chi connectivity index (χ4n) is 1.97. The van der Waals surface area contributed by atoms with Crippen molar-refractivity contribution in [2.45, 2.75) is 6.42 Å². The van der Waals surface area contributed by atoms with E-state index in [0.717, 1.165) is 17.5 Å². The van der Waals surface area contributed by atoms with Crippen LogP contribution in [0.4, 0.5) is 4.39 Å². The predicted molar refractivity (Wildman–Crippen MR) is 71.1 cm³/mol. The Hall–Kier alpha value is -1.87. The Morgan fingerprint density at radius 1 is 1.11 bits per heavy atom. The zero-order valence-electron chi connectivity index (χ0n) is 10.3. The smallest absolute Gasteiger partial charge is 0.131 e. The van der Waals surface area contributed by atoms with Gasteiger partial charge in [-0.15, -0.1) is 0 Å². The first-order chi connectivity index (χ1) is 8.76. The Kier molecular flexibility index (Phi) is 3.95. The van der Waals surface area contributed by atoms with E-state index in [1.54, 1.807) is 19.2 Å². The number of nitrogens with two attached hydrogens (primary N) is 1. The molecule has 0 atom stereocenters. The van der Waals surface area contributed by atoms with E-state index in [0.29, 0.717) is 17.9 Å². The average Bonchev–Trinajstić information content (AvgIpc) is 2.40. The second-order valence-electron chi connectivity index (χ2n) is 4.05. The van der Waals surface area contributed by atoms with Crippen LogP contribution in [0.1, 0.15) is 5.56 Å². The van der Waals surface area contributed by atoms with Crippen molar-refractivity contribution in [2.75, 3.05) is 13.7 Å². The van der Waals surface area contributed by atoms with Gasteiger partial charge in [-0.3, -0.25) is 0 Å². The molecule has 2 rings (SSSR count). The monoisotopic (exact) mass is 245 g/mol. The van der Waals surface area contributed by atoms with Crippen molar-refractivity contribution in [1.82, 2.24) is 0 Å². The number of hydrogen-bond acceptors (Lipinski definition) is 2. The number of methoxy groups -OCH3 is 1. The largest absolute Gasteiger partial charge is 0.496 e. The standard InChI is InChI=1S/C15H16FNO/c1-18-15-7-6-11(8-9-17)10-13(15)12-4-2-3-5-14(12)16/h2-7,10H,8-9,17H2,1H3. The van der Waals surface area contributed by atoms with Crippen LogP contribution >= 0.6 is 0 Å². The van der Waals surface area contributed by atoms with Crippen molar-refractivity contribution in [1.29, 1.82) is 0 Å². The molecule has 0 fully saturated rings. The minimum Gasteiger partial charge on any atom is -0.496 e. The lowest BCUT2D eigenvalue weighted by atomic mass is 10.00. The Labute approximate surface area is 106 Å². The van der Waals surface area contributed by atoms with Crippen LogP contribution in [0.25, 0.3) is 11.1 Å². The third-order valence-electron chi connectivity index (χ3n) is 2.86. The first-order valence-corrected chi connectivity index (χ1v) is 5.88. The summed E-state index contributed by atoms with van der Waals surface area (Å²) in [6, 6.07) is 12.4. The Bertz CT molecular complexity index is 540. The molecule has 0 aromatic heterocycles. The highest BCUT2D eigenvalue weighted by molar-refractivity contribution is 5.71. The second kappa shape index (κ2) is 5.65. The number of halogens is 1. The van der Waals surface area contributed by atoms with Gasteiger partial charge < -0.3 is 10.5 Å². The van der Waals surface area contributed by atoms with Crippen LogP contribution in [-0.2, 0) is 6.42 Å². The maximum Gasteiger partial charge on any atom is 0.131 e. The highest BCUT2D eigenvalue weighted by atomic mass is 19.1. The molecule has 0 amide bonds. The topological polar surface area (TPSA) is 35.2 Å². The zero-order valence-corrected chi connectivity index (χ0v) is 10.3. The van der Waals surface area contributed by atoms with Gasteiger partial charge in [0.2, 0.25) is 0 Å². The van der Waals surface area contributed by atoms with Crippen LogP contribution in [0.15, 0.2) is 42.5 Å². The SMILES string of the molecule is COc1ccc(CCN)cc1-c1ccccc1F. The van der Waals surface area contributed by atoms with Gasteiger partial charge in [0, 0.05) is 11.1 Å². The molecule has 0 aliphatic carbocycles. The van der Waals surface area contributed by atoms with Crippen LogP contribution in [0.2, 0.25) is 0 Å². The molecular weight excluding hydrogens is 229 g/mol. The number of hydrogen-bond donors (Lipinski definition) is 1. The van der Waals surface area contributed by atoms with E-state index in [2.05, 4.69) is 0 Å². The van der Waals surface area contributed by atoms with Gasteiger partial charge in [0.25, 0.3) is 0 Å². The molecule has 0 saturated heterocycles. The molecule has 2 aromatic rings. The van der Waals surface area contributed by atoms with Crippen LogP contribution in [0.3, 0.4) is 0 Å². The molecule has 0 saturated carbocycles. The summed E-state index contributed by atoms with van der Waals surface area (Å²) in [5.41, 5.74) is 7.94. The molecule has 2 N–H and O–H groups in total. The molecule has 2 aromatic carbocycles. The Morgan fingerprint density at radius 2 is 1.89 bits per heavy atom. The van der Waals surface area contributed by atoms with Crippen LogP contribution in [-0.4, -0.2) is 13.7 Å². The van der Waals surface area contributed by atoms with E-state index >= 15 is 0 Å². The average molecular weight is 245 g/mol. The molecule has 94 valence electrons. The van der Waals surface area contributed by atoms with E-state index in [1.807, 2.05) is 24.3 Å². The molecular formula is C15H16FNO. The van der Waals surface area contributed by atoms with Crippen molar-refractivity contribution in [2.24, 2.45) is 5.73 Å². The summed E-state index contributed by atoms with van der Waals surface area (Å²) in [5, 5.41) is 0. The van der Waals surface area contributed by atoms with Gasteiger partial charge in [-0.25, -0.2) is 4.39 Å². The summed E-state index contributed by atoms with van der Waals surface area (Å²) in [7, 11) is 1.59. The lowest BCUT2D eigenvalue weighted by Gasteiger charge is -2.11. The van der Waals surface area contributed by atoms with E-state index in [9.17, 15) is 4.39 Å². The number of benzene rings is 2. The van der Waals surface area contributed by atoms with Crippen LogP contribution < -0.4 is 10.5 Å². The maximum absolute atomic E-state index is 13.8. The molecule has 3 heteroatoms. The third kappa shape index (κ3) is 2.51. The van der Waals surface area contributed by atoms with E-state index in [1.165, 1.54) is 6.07 Å². The molecule has 0 heterocycles. The highest BCUT2D eigenvalue weighted by Gasteiger charge is 2.10. The lowest BCUT2D eigenvalue weighted by Crippen LogP contribution is -2.03. The van der Waals surface area contributed by atoms with Crippen LogP contribution in [0, 0.1) is 5.82 Å². The van der Waals surface area contributed by atoms with Gasteiger partial charge in [-0.2, -0.15) is 0 Å². The van der Waals surface area contributed by atoms with Gasteiger partial charge in [0.05, 0.1) is 7.11 Å². The fraction of sp³-hybridized carbons (Fsp3) is 0.200. The summed E-state index contributed by atoms with van der Waals surface area (Å²) in [6.07, 6.45) is 0.769. The molecule has 18 heavy (non-hydrogen) atoms.